The standard InChI is InChI=1S/C23H33N3O2/c1-16-5-6-18(13-17(16)2)26-21(28)23(7-3-4-8-23)15-25-20(27)19-14-22(19)9-11-24-12-10-22/h5-6,13,19,24H,3-4,7-12,14-15H2,1-2H3,(H,25,27)(H,26,28). The first-order valence-electron chi connectivity index (χ1n) is 10.8. The van der Waals surface area contributed by atoms with Crippen LogP contribution in [-0.2, 0) is 9.59 Å². The van der Waals surface area contributed by atoms with Gasteiger partial charge in [0.05, 0.1) is 5.41 Å². The number of aryl methyl sites for hydroxylation is 2. The smallest absolute Gasteiger partial charge is 0.232 e. The lowest BCUT2D eigenvalue weighted by atomic mass is 9.84. The van der Waals surface area contributed by atoms with E-state index in [2.05, 4.69) is 29.8 Å². The van der Waals surface area contributed by atoms with Gasteiger partial charge in [0, 0.05) is 18.2 Å². The van der Waals surface area contributed by atoms with E-state index in [0.717, 1.165) is 63.7 Å². The van der Waals surface area contributed by atoms with E-state index >= 15 is 0 Å². The minimum Gasteiger partial charge on any atom is -0.355 e. The summed E-state index contributed by atoms with van der Waals surface area (Å²) in [4.78, 5) is 25.9. The maximum atomic E-state index is 13.2. The second kappa shape index (κ2) is 7.51. The zero-order chi connectivity index (χ0) is 19.8. The molecule has 1 saturated heterocycles. The van der Waals surface area contributed by atoms with Crippen molar-refractivity contribution < 1.29 is 9.59 Å². The van der Waals surface area contributed by atoms with Gasteiger partial charge >= 0.3 is 0 Å². The van der Waals surface area contributed by atoms with Crippen molar-refractivity contribution in [1.82, 2.24) is 10.6 Å². The van der Waals surface area contributed by atoms with Gasteiger partial charge in [0.15, 0.2) is 0 Å². The minimum atomic E-state index is -0.468. The van der Waals surface area contributed by atoms with Gasteiger partial charge in [-0.3, -0.25) is 9.59 Å². The Balaban J connectivity index is 1.38. The molecule has 5 heteroatoms. The van der Waals surface area contributed by atoms with Crippen molar-refractivity contribution in [2.45, 2.75) is 58.8 Å². The summed E-state index contributed by atoms with van der Waals surface area (Å²) in [5, 5.41) is 9.67. The first-order chi connectivity index (χ1) is 13.4. The molecule has 2 aliphatic carbocycles. The average Bonchev–Trinajstić information content (AvgIpc) is 3.15. The summed E-state index contributed by atoms with van der Waals surface area (Å²) in [6, 6.07) is 6.03. The molecular weight excluding hydrogens is 350 g/mol. The third-order valence-electron chi connectivity index (χ3n) is 7.51. The van der Waals surface area contributed by atoms with Gasteiger partial charge in [0.2, 0.25) is 11.8 Å². The highest BCUT2D eigenvalue weighted by atomic mass is 16.2. The van der Waals surface area contributed by atoms with Crippen LogP contribution in [0.25, 0.3) is 0 Å². The fraction of sp³-hybridized carbons (Fsp3) is 0.652. The van der Waals surface area contributed by atoms with Gasteiger partial charge in [0.25, 0.3) is 0 Å². The van der Waals surface area contributed by atoms with Gasteiger partial charge in [-0.15, -0.1) is 0 Å². The molecule has 0 aromatic heterocycles. The van der Waals surface area contributed by atoms with Crippen LogP contribution in [0.5, 0.6) is 0 Å². The number of amides is 2. The van der Waals surface area contributed by atoms with Crippen molar-refractivity contribution in [1.29, 1.82) is 0 Å². The molecule has 1 heterocycles. The van der Waals surface area contributed by atoms with E-state index in [9.17, 15) is 9.59 Å². The zero-order valence-electron chi connectivity index (χ0n) is 17.2. The van der Waals surface area contributed by atoms with E-state index in [1.165, 1.54) is 11.1 Å². The SMILES string of the molecule is Cc1ccc(NC(=O)C2(CNC(=O)C3CC34CCNCC4)CCCC2)cc1C. The summed E-state index contributed by atoms with van der Waals surface area (Å²) in [6.45, 7) is 6.64. The number of hydrogen-bond donors (Lipinski definition) is 3. The van der Waals surface area contributed by atoms with Crippen molar-refractivity contribution in [3.8, 4) is 0 Å². The number of carbonyl (C=O) groups is 2. The molecule has 3 aliphatic rings. The second-order valence-electron chi connectivity index (χ2n) is 9.33. The van der Waals surface area contributed by atoms with E-state index in [1.807, 2.05) is 18.2 Å². The van der Waals surface area contributed by atoms with E-state index in [4.69, 9.17) is 0 Å². The summed E-state index contributed by atoms with van der Waals surface area (Å²) in [6.07, 6.45) is 7.02. The quantitative estimate of drug-likeness (QED) is 0.731. The Morgan fingerprint density at radius 2 is 1.79 bits per heavy atom. The van der Waals surface area contributed by atoms with Crippen LogP contribution in [0.3, 0.4) is 0 Å². The molecule has 1 aromatic rings. The molecule has 1 spiro atoms. The number of carbonyl (C=O) groups excluding carboxylic acids is 2. The molecule has 4 rings (SSSR count). The van der Waals surface area contributed by atoms with Crippen molar-refractivity contribution >= 4 is 17.5 Å². The van der Waals surface area contributed by atoms with Crippen molar-refractivity contribution in [2.24, 2.45) is 16.7 Å². The Morgan fingerprint density at radius 3 is 2.46 bits per heavy atom. The van der Waals surface area contributed by atoms with Crippen molar-refractivity contribution in [3.63, 3.8) is 0 Å². The van der Waals surface area contributed by atoms with E-state index in [1.54, 1.807) is 0 Å². The van der Waals surface area contributed by atoms with Crippen LogP contribution in [0.4, 0.5) is 5.69 Å². The van der Waals surface area contributed by atoms with Gasteiger partial charge in [-0.2, -0.15) is 0 Å². The van der Waals surface area contributed by atoms with Gasteiger partial charge in [-0.05, 0) is 87.7 Å². The molecule has 3 N–H and O–H groups in total. The molecule has 152 valence electrons. The molecular formula is C23H33N3O2. The van der Waals surface area contributed by atoms with Crippen LogP contribution in [0, 0.1) is 30.6 Å². The lowest BCUT2D eigenvalue weighted by Gasteiger charge is -2.29. The van der Waals surface area contributed by atoms with Crippen molar-refractivity contribution in [2.75, 3.05) is 25.0 Å². The predicted octanol–water partition coefficient (Wildman–Crippen LogP) is 3.31. The molecule has 1 aromatic carbocycles. The molecule has 2 saturated carbocycles. The highest BCUT2D eigenvalue weighted by Crippen LogP contribution is 2.58. The van der Waals surface area contributed by atoms with Gasteiger partial charge in [-0.1, -0.05) is 18.9 Å². The Labute approximate surface area is 168 Å². The molecule has 0 bridgehead atoms. The minimum absolute atomic E-state index is 0.0564. The summed E-state index contributed by atoms with van der Waals surface area (Å²) in [5.41, 5.74) is 3.01. The molecule has 28 heavy (non-hydrogen) atoms. The Kier molecular flexibility index (Phi) is 5.21. The maximum absolute atomic E-state index is 13.2. The molecule has 2 amide bonds. The number of rotatable bonds is 5. The zero-order valence-corrected chi connectivity index (χ0v) is 17.2. The summed E-state index contributed by atoms with van der Waals surface area (Å²) in [5.74, 6) is 0.365. The van der Waals surface area contributed by atoms with E-state index in [-0.39, 0.29) is 23.1 Å². The molecule has 1 aliphatic heterocycles. The van der Waals surface area contributed by atoms with Crippen LogP contribution in [0.15, 0.2) is 18.2 Å². The molecule has 1 unspecified atom stereocenters. The third-order valence-corrected chi connectivity index (χ3v) is 7.51. The topological polar surface area (TPSA) is 70.2 Å². The van der Waals surface area contributed by atoms with Crippen LogP contribution in [0.1, 0.15) is 56.1 Å². The van der Waals surface area contributed by atoms with Gasteiger partial charge in [-0.25, -0.2) is 0 Å². The summed E-state index contributed by atoms with van der Waals surface area (Å²) in [7, 11) is 0. The lowest BCUT2D eigenvalue weighted by Crippen LogP contribution is -2.45. The Hall–Kier alpha value is -1.88. The largest absolute Gasteiger partial charge is 0.355 e. The summed E-state index contributed by atoms with van der Waals surface area (Å²) < 4.78 is 0. The van der Waals surface area contributed by atoms with Crippen LogP contribution < -0.4 is 16.0 Å². The molecule has 3 fully saturated rings. The third kappa shape index (κ3) is 3.69. The highest BCUT2D eigenvalue weighted by molar-refractivity contribution is 5.96. The number of nitrogens with one attached hydrogen (secondary N) is 3. The normalized spacial score (nSPS) is 24.7. The second-order valence-corrected chi connectivity index (χ2v) is 9.33. The monoisotopic (exact) mass is 383 g/mol. The lowest BCUT2D eigenvalue weighted by molar-refractivity contribution is -0.127. The van der Waals surface area contributed by atoms with Crippen LogP contribution >= 0.6 is 0 Å². The molecule has 5 nitrogen and oxygen atoms in total. The van der Waals surface area contributed by atoms with Crippen LogP contribution in [-0.4, -0.2) is 31.4 Å². The first kappa shape index (κ1) is 19.4. The number of hydrogen-bond acceptors (Lipinski definition) is 3. The predicted molar refractivity (Wildman–Crippen MR) is 111 cm³/mol. The van der Waals surface area contributed by atoms with Gasteiger partial charge < -0.3 is 16.0 Å². The maximum Gasteiger partial charge on any atom is 0.232 e. The molecule has 1 atom stereocenters. The van der Waals surface area contributed by atoms with Gasteiger partial charge in [0.1, 0.15) is 0 Å². The summed E-state index contributed by atoms with van der Waals surface area (Å²) >= 11 is 0. The first-order valence-corrected chi connectivity index (χ1v) is 10.8. The number of piperidine rings is 1. The number of anilines is 1. The van der Waals surface area contributed by atoms with Crippen LogP contribution in [0.2, 0.25) is 0 Å². The number of benzene rings is 1. The fourth-order valence-corrected chi connectivity index (χ4v) is 5.19. The van der Waals surface area contributed by atoms with Crippen molar-refractivity contribution in [3.05, 3.63) is 29.3 Å². The Bertz CT molecular complexity index is 761. The average molecular weight is 384 g/mol. The van der Waals surface area contributed by atoms with E-state index in [0.29, 0.717) is 6.54 Å². The highest BCUT2D eigenvalue weighted by Gasteiger charge is 2.57. The Morgan fingerprint density at radius 1 is 1.07 bits per heavy atom. The fourth-order valence-electron chi connectivity index (χ4n) is 5.19. The van der Waals surface area contributed by atoms with E-state index < -0.39 is 5.41 Å². The molecule has 0 radical (unpaired) electrons.